The van der Waals surface area contributed by atoms with Crippen LogP contribution in [0.2, 0.25) is 0 Å². The van der Waals surface area contributed by atoms with Crippen LogP contribution in [-0.4, -0.2) is 36.0 Å². The molecular formula is C16H26FNO. The van der Waals surface area contributed by atoms with Crippen LogP contribution >= 0.6 is 0 Å². The highest BCUT2D eigenvalue weighted by molar-refractivity contribution is 5.43. The standard InChI is InChI=1S/C16H26FNO/c1-11(2)18(12(3)4)10-19-9-14-13(5)6-7-16(17)8-15(14)16/h6-7,11-12,15H,8-10H2,1-5H3/t15?,16-/m1/s1. The van der Waals surface area contributed by atoms with Crippen molar-refractivity contribution in [2.45, 2.75) is 58.8 Å². The minimum absolute atomic E-state index is 0.0732. The van der Waals surface area contributed by atoms with Crippen molar-refractivity contribution in [3.63, 3.8) is 0 Å². The van der Waals surface area contributed by atoms with Crippen molar-refractivity contribution in [1.82, 2.24) is 4.90 Å². The summed E-state index contributed by atoms with van der Waals surface area (Å²) in [5.41, 5.74) is 1.27. The van der Waals surface area contributed by atoms with E-state index in [-0.39, 0.29) is 5.92 Å². The quantitative estimate of drug-likeness (QED) is 0.680. The lowest BCUT2D eigenvalue weighted by Gasteiger charge is -2.30. The Labute approximate surface area is 116 Å². The molecule has 0 saturated heterocycles. The summed E-state index contributed by atoms with van der Waals surface area (Å²) in [6, 6.07) is 0.921. The molecule has 0 radical (unpaired) electrons. The Bertz CT molecular complexity index is 392. The van der Waals surface area contributed by atoms with E-state index in [4.69, 9.17) is 4.74 Å². The second kappa shape index (κ2) is 5.37. The van der Waals surface area contributed by atoms with Crippen molar-refractivity contribution in [2.75, 3.05) is 13.3 Å². The van der Waals surface area contributed by atoms with Crippen molar-refractivity contribution in [3.8, 4) is 0 Å². The number of hydrogen-bond acceptors (Lipinski definition) is 2. The number of ether oxygens (including phenoxy) is 1. The molecule has 0 heterocycles. The zero-order valence-electron chi connectivity index (χ0n) is 12.7. The van der Waals surface area contributed by atoms with Crippen LogP contribution < -0.4 is 0 Å². The van der Waals surface area contributed by atoms with Gasteiger partial charge in [0.1, 0.15) is 5.67 Å². The first-order chi connectivity index (χ1) is 8.85. The maximum Gasteiger partial charge on any atom is 0.136 e. The summed E-state index contributed by atoms with van der Waals surface area (Å²) in [7, 11) is 0. The monoisotopic (exact) mass is 267 g/mol. The third kappa shape index (κ3) is 3.09. The number of alkyl halides is 1. The Morgan fingerprint density at radius 2 is 2.00 bits per heavy atom. The Kier molecular flexibility index (Phi) is 4.17. The Morgan fingerprint density at radius 3 is 2.58 bits per heavy atom. The number of halogens is 1. The summed E-state index contributed by atoms with van der Waals surface area (Å²) in [6.45, 7) is 11.9. The number of fused-ring (bicyclic) bond motifs is 1. The lowest BCUT2D eigenvalue weighted by Crippen LogP contribution is -2.39. The van der Waals surface area contributed by atoms with Crippen LogP contribution in [0.15, 0.2) is 23.3 Å². The molecule has 2 rings (SSSR count). The van der Waals surface area contributed by atoms with Gasteiger partial charge in [0.2, 0.25) is 0 Å². The molecule has 108 valence electrons. The highest BCUT2D eigenvalue weighted by atomic mass is 19.1. The van der Waals surface area contributed by atoms with Crippen molar-refractivity contribution in [3.05, 3.63) is 23.3 Å². The van der Waals surface area contributed by atoms with Gasteiger partial charge in [-0.25, -0.2) is 4.39 Å². The van der Waals surface area contributed by atoms with E-state index in [2.05, 4.69) is 39.5 Å². The first-order valence-electron chi connectivity index (χ1n) is 7.26. The van der Waals surface area contributed by atoms with Crippen LogP contribution in [0.25, 0.3) is 0 Å². The molecule has 0 bridgehead atoms. The van der Waals surface area contributed by atoms with Gasteiger partial charge in [0, 0.05) is 18.0 Å². The van der Waals surface area contributed by atoms with Crippen molar-refractivity contribution < 1.29 is 9.13 Å². The number of hydrogen-bond donors (Lipinski definition) is 0. The lowest BCUT2D eigenvalue weighted by molar-refractivity contribution is 0.00234. The first kappa shape index (κ1) is 14.7. The predicted octanol–water partition coefficient (Wildman–Crippen LogP) is 3.69. The van der Waals surface area contributed by atoms with Gasteiger partial charge in [-0.1, -0.05) is 6.08 Å². The molecule has 2 nitrogen and oxygen atoms in total. The Hall–Kier alpha value is -0.670. The lowest BCUT2D eigenvalue weighted by atomic mass is 9.98. The molecule has 0 aromatic carbocycles. The number of rotatable bonds is 6. The molecule has 19 heavy (non-hydrogen) atoms. The molecule has 1 unspecified atom stereocenters. The molecule has 1 fully saturated rings. The number of nitrogens with zero attached hydrogens (tertiary/aromatic N) is 1. The second-order valence-corrected chi connectivity index (χ2v) is 6.40. The summed E-state index contributed by atoms with van der Waals surface area (Å²) in [4.78, 5) is 2.30. The van der Waals surface area contributed by atoms with E-state index in [0.29, 0.717) is 31.8 Å². The third-order valence-electron chi connectivity index (χ3n) is 4.30. The van der Waals surface area contributed by atoms with Gasteiger partial charge in [0.25, 0.3) is 0 Å². The molecule has 0 amide bonds. The maximum absolute atomic E-state index is 14.0. The Balaban J connectivity index is 1.88. The largest absolute Gasteiger partial charge is 0.362 e. The van der Waals surface area contributed by atoms with Gasteiger partial charge in [-0.2, -0.15) is 0 Å². The van der Waals surface area contributed by atoms with Crippen LogP contribution in [0.1, 0.15) is 41.0 Å². The van der Waals surface area contributed by atoms with E-state index in [1.165, 1.54) is 5.57 Å². The molecule has 0 spiro atoms. The van der Waals surface area contributed by atoms with E-state index in [9.17, 15) is 4.39 Å². The van der Waals surface area contributed by atoms with Gasteiger partial charge in [-0.3, -0.25) is 4.90 Å². The molecule has 2 aliphatic carbocycles. The minimum Gasteiger partial charge on any atom is -0.362 e. The van der Waals surface area contributed by atoms with Crippen LogP contribution in [0.5, 0.6) is 0 Å². The number of allylic oxidation sites excluding steroid dienone is 3. The predicted molar refractivity (Wildman–Crippen MR) is 76.7 cm³/mol. The fourth-order valence-electron chi connectivity index (χ4n) is 2.87. The zero-order chi connectivity index (χ0) is 14.2. The topological polar surface area (TPSA) is 12.5 Å². The molecule has 0 aromatic rings. The SMILES string of the molecule is CC1=C(COCN(C(C)C)C(C)C)C2C[C@]2(F)C=C1. The van der Waals surface area contributed by atoms with Gasteiger partial charge in [-0.05, 0) is 58.3 Å². The van der Waals surface area contributed by atoms with Gasteiger partial charge < -0.3 is 4.74 Å². The van der Waals surface area contributed by atoms with Crippen LogP contribution in [0, 0.1) is 5.92 Å². The van der Waals surface area contributed by atoms with Crippen LogP contribution in [0.3, 0.4) is 0 Å². The smallest absolute Gasteiger partial charge is 0.136 e. The van der Waals surface area contributed by atoms with Crippen LogP contribution in [-0.2, 0) is 4.74 Å². The van der Waals surface area contributed by atoms with Crippen molar-refractivity contribution >= 4 is 0 Å². The normalized spacial score (nSPS) is 29.6. The van der Waals surface area contributed by atoms with Crippen molar-refractivity contribution in [1.29, 1.82) is 0 Å². The average Bonchev–Trinajstić information content (AvgIpc) is 2.98. The van der Waals surface area contributed by atoms with Gasteiger partial charge in [-0.15, -0.1) is 0 Å². The molecule has 2 aliphatic rings. The zero-order valence-corrected chi connectivity index (χ0v) is 12.7. The van der Waals surface area contributed by atoms with Crippen molar-refractivity contribution in [2.24, 2.45) is 5.92 Å². The molecule has 0 aliphatic heterocycles. The maximum atomic E-state index is 14.0. The molecule has 2 atom stereocenters. The molecule has 1 saturated carbocycles. The summed E-state index contributed by atoms with van der Waals surface area (Å²) in [5, 5.41) is 0. The fourth-order valence-corrected chi connectivity index (χ4v) is 2.87. The van der Waals surface area contributed by atoms with E-state index >= 15 is 0 Å². The summed E-state index contributed by atoms with van der Waals surface area (Å²) < 4.78 is 19.9. The molecular weight excluding hydrogens is 241 g/mol. The highest BCUT2D eigenvalue weighted by Gasteiger charge is 2.56. The molecule has 0 N–H and O–H groups in total. The summed E-state index contributed by atoms with van der Waals surface area (Å²) in [5.74, 6) is 0.0732. The van der Waals surface area contributed by atoms with E-state index in [0.717, 1.165) is 5.57 Å². The summed E-state index contributed by atoms with van der Waals surface area (Å²) in [6.07, 6.45) is 4.26. The first-order valence-corrected chi connectivity index (χ1v) is 7.26. The average molecular weight is 267 g/mol. The van der Waals surface area contributed by atoms with Gasteiger partial charge in [0.15, 0.2) is 0 Å². The van der Waals surface area contributed by atoms with Gasteiger partial charge in [0.05, 0.1) is 13.3 Å². The van der Waals surface area contributed by atoms with E-state index in [1.54, 1.807) is 6.08 Å². The molecule has 3 heteroatoms. The second-order valence-electron chi connectivity index (χ2n) is 6.40. The van der Waals surface area contributed by atoms with Crippen LogP contribution in [0.4, 0.5) is 4.39 Å². The van der Waals surface area contributed by atoms with Gasteiger partial charge >= 0.3 is 0 Å². The molecule has 0 aromatic heterocycles. The fraction of sp³-hybridized carbons (Fsp3) is 0.750. The Morgan fingerprint density at radius 1 is 1.37 bits per heavy atom. The minimum atomic E-state index is -1.06. The van der Waals surface area contributed by atoms with E-state index in [1.807, 2.05) is 6.08 Å². The highest BCUT2D eigenvalue weighted by Crippen LogP contribution is 2.55. The summed E-state index contributed by atoms with van der Waals surface area (Å²) >= 11 is 0. The third-order valence-corrected chi connectivity index (χ3v) is 4.30. The van der Waals surface area contributed by atoms with E-state index < -0.39 is 5.67 Å².